The molecule has 1 fully saturated rings. The van der Waals surface area contributed by atoms with Crippen LogP contribution >= 0.6 is 23.2 Å². The number of sulfonamides is 1. The summed E-state index contributed by atoms with van der Waals surface area (Å²) < 4.78 is 30.9. The Labute approximate surface area is 232 Å². The Hall–Kier alpha value is -3.20. The summed E-state index contributed by atoms with van der Waals surface area (Å²) in [5.74, 6) is -0.0841. The quantitative estimate of drug-likeness (QED) is 0.307. The summed E-state index contributed by atoms with van der Waals surface area (Å²) in [6.45, 7) is 0.345. The minimum absolute atomic E-state index is 0.00813. The first kappa shape index (κ1) is 26.4. The van der Waals surface area contributed by atoms with Gasteiger partial charge in [-0.15, -0.1) is 4.40 Å². The second kappa shape index (κ2) is 11.3. The van der Waals surface area contributed by atoms with Crippen molar-refractivity contribution in [1.29, 1.82) is 0 Å². The normalized spacial score (nSPS) is 19.2. The fraction of sp³-hybridized carbons (Fsp3) is 0.250. The van der Waals surface area contributed by atoms with Gasteiger partial charge < -0.3 is 5.73 Å². The second-order valence-electron chi connectivity index (χ2n) is 9.33. The zero-order valence-electron chi connectivity index (χ0n) is 20.5. The molecule has 1 unspecified atom stereocenters. The number of hydrazone groups is 1. The minimum Gasteiger partial charge on any atom is -0.381 e. The summed E-state index contributed by atoms with van der Waals surface area (Å²) >= 11 is 12.1. The van der Waals surface area contributed by atoms with Crippen molar-refractivity contribution < 1.29 is 8.42 Å². The highest BCUT2D eigenvalue weighted by Gasteiger charge is 2.34. The first-order valence-electron chi connectivity index (χ1n) is 12.4. The SMILES string of the molecule is NC(=NC1CCCC1)/C(=N\S(=O)(=O)c1ccc(Cl)cc1)N1CC(c2ccccc2)C(c2ccc(Cl)cc2)=N1. The van der Waals surface area contributed by atoms with Gasteiger partial charge in [-0.3, -0.25) is 4.99 Å². The van der Waals surface area contributed by atoms with Gasteiger partial charge in [0.1, 0.15) is 0 Å². The van der Waals surface area contributed by atoms with Crippen LogP contribution in [0.4, 0.5) is 0 Å². The molecule has 0 saturated heterocycles. The number of nitrogens with two attached hydrogens (primary N) is 1. The number of rotatable bonds is 5. The van der Waals surface area contributed by atoms with E-state index < -0.39 is 10.0 Å². The van der Waals surface area contributed by atoms with Crippen LogP contribution in [0.5, 0.6) is 0 Å². The van der Waals surface area contributed by atoms with E-state index in [1.54, 1.807) is 17.1 Å². The van der Waals surface area contributed by atoms with Crippen LogP contribution in [0.2, 0.25) is 10.0 Å². The topological polar surface area (TPSA) is 100 Å². The number of aliphatic imine (C=N–C) groups is 1. The van der Waals surface area contributed by atoms with Crippen LogP contribution in [0.25, 0.3) is 0 Å². The Bertz CT molecular complexity index is 1480. The zero-order chi connectivity index (χ0) is 26.7. The summed E-state index contributed by atoms with van der Waals surface area (Å²) in [6.07, 6.45) is 3.94. The summed E-state index contributed by atoms with van der Waals surface area (Å²) in [5, 5.41) is 7.47. The van der Waals surface area contributed by atoms with Crippen molar-refractivity contribution in [1.82, 2.24) is 5.01 Å². The molecule has 38 heavy (non-hydrogen) atoms. The lowest BCUT2D eigenvalue weighted by Gasteiger charge is -2.19. The predicted octanol–water partition coefficient (Wildman–Crippen LogP) is 5.88. The smallest absolute Gasteiger partial charge is 0.284 e. The molecule has 1 aliphatic carbocycles. The van der Waals surface area contributed by atoms with Crippen molar-refractivity contribution in [2.24, 2.45) is 20.2 Å². The third kappa shape index (κ3) is 5.93. The van der Waals surface area contributed by atoms with Gasteiger partial charge in [-0.2, -0.15) is 13.5 Å². The highest BCUT2D eigenvalue weighted by molar-refractivity contribution is 7.90. The molecular formula is C28H27Cl2N5O2S. The van der Waals surface area contributed by atoms with E-state index in [9.17, 15) is 8.42 Å². The third-order valence-electron chi connectivity index (χ3n) is 6.69. The second-order valence-corrected chi connectivity index (χ2v) is 11.8. The molecule has 1 aliphatic heterocycles. The fourth-order valence-electron chi connectivity index (χ4n) is 4.75. The molecule has 196 valence electrons. The molecule has 10 heteroatoms. The summed E-state index contributed by atoms with van der Waals surface area (Å²) in [5.41, 5.74) is 9.15. The maximum Gasteiger partial charge on any atom is 0.284 e. The molecule has 3 aromatic rings. The fourth-order valence-corrected chi connectivity index (χ4v) is 6.00. The van der Waals surface area contributed by atoms with Gasteiger partial charge in [0.25, 0.3) is 10.0 Å². The molecule has 1 saturated carbocycles. The number of halogens is 2. The van der Waals surface area contributed by atoms with Crippen molar-refractivity contribution in [2.45, 2.75) is 42.5 Å². The average Bonchev–Trinajstić information content (AvgIpc) is 3.59. The zero-order valence-corrected chi connectivity index (χ0v) is 22.9. The molecule has 3 aromatic carbocycles. The Morgan fingerprint density at radius 1 is 0.895 bits per heavy atom. The lowest BCUT2D eigenvalue weighted by Crippen LogP contribution is -2.38. The molecule has 1 atom stereocenters. The monoisotopic (exact) mass is 567 g/mol. The molecule has 2 N–H and O–H groups in total. The van der Waals surface area contributed by atoms with Crippen LogP contribution in [0.3, 0.4) is 0 Å². The molecule has 0 aromatic heterocycles. The maximum atomic E-state index is 13.4. The summed E-state index contributed by atoms with van der Waals surface area (Å²) in [6, 6.07) is 23.2. The van der Waals surface area contributed by atoms with Crippen molar-refractivity contribution in [3.05, 3.63) is 100 Å². The molecule has 7 nitrogen and oxygen atoms in total. The standard InChI is InChI=1S/C28H27Cl2N5O2S/c29-21-12-10-20(11-13-21)26-25(19-6-2-1-3-7-19)18-35(33-26)28(27(31)32-23-8-4-5-9-23)34-38(36,37)24-16-14-22(30)15-17-24/h1-3,6-7,10-17,23,25H,4-5,8-9,18H2,(H2,31,32)/b34-28+. The first-order valence-corrected chi connectivity index (χ1v) is 14.6. The van der Waals surface area contributed by atoms with E-state index in [1.807, 2.05) is 42.5 Å². The highest BCUT2D eigenvalue weighted by atomic mass is 35.5. The third-order valence-corrected chi connectivity index (χ3v) is 8.48. The molecular weight excluding hydrogens is 541 g/mol. The van der Waals surface area contributed by atoms with E-state index in [1.165, 1.54) is 24.3 Å². The lowest BCUT2D eigenvalue weighted by molar-refractivity contribution is 0.480. The molecule has 0 bridgehead atoms. The average molecular weight is 569 g/mol. The highest BCUT2D eigenvalue weighted by Crippen LogP contribution is 2.30. The number of nitrogens with zero attached hydrogens (tertiary/aromatic N) is 4. The van der Waals surface area contributed by atoms with Gasteiger partial charge >= 0.3 is 0 Å². The number of benzene rings is 3. The van der Waals surface area contributed by atoms with Crippen LogP contribution in [0.15, 0.2) is 98.2 Å². The van der Waals surface area contributed by atoms with E-state index in [4.69, 9.17) is 34.0 Å². The Morgan fingerprint density at radius 3 is 2.13 bits per heavy atom. The van der Waals surface area contributed by atoms with E-state index in [0.29, 0.717) is 16.6 Å². The van der Waals surface area contributed by atoms with Gasteiger partial charge in [0.2, 0.25) is 5.84 Å². The van der Waals surface area contributed by atoms with E-state index in [0.717, 1.165) is 42.5 Å². The molecule has 2 aliphatic rings. The van der Waals surface area contributed by atoms with Crippen LogP contribution in [-0.2, 0) is 10.0 Å². The Kier molecular flexibility index (Phi) is 7.83. The number of amidine groups is 2. The van der Waals surface area contributed by atoms with Crippen LogP contribution in [-0.4, -0.2) is 43.4 Å². The minimum atomic E-state index is -4.12. The number of hydrogen-bond acceptors (Lipinski definition) is 4. The van der Waals surface area contributed by atoms with Gasteiger partial charge in [-0.25, -0.2) is 5.01 Å². The van der Waals surface area contributed by atoms with Gasteiger partial charge in [0, 0.05) is 16.0 Å². The molecule has 5 rings (SSSR count). The van der Waals surface area contributed by atoms with Crippen LogP contribution in [0, 0.1) is 0 Å². The van der Waals surface area contributed by atoms with Crippen molar-refractivity contribution >= 4 is 50.6 Å². The summed E-state index contributed by atoms with van der Waals surface area (Å²) in [7, 11) is -4.12. The lowest BCUT2D eigenvalue weighted by atomic mass is 9.91. The Balaban J connectivity index is 1.61. The van der Waals surface area contributed by atoms with Crippen LogP contribution in [0.1, 0.15) is 42.7 Å². The Morgan fingerprint density at radius 2 is 1.50 bits per heavy atom. The van der Waals surface area contributed by atoms with Gasteiger partial charge in [-0.05, 0) is 60.4 Å². The van der Waals surface area contributed by atoms with Gasteiger partial charge in [0.05, 0.1) is 23.2 Å². The maximum absolute atomic E-state index is 13.4. The van der Waals surface area contributed by atoms with Gasteiger partial charge in [-0.1, -0.05) is 78.5 Å². The first-order chi connectivity index (χ1) is 18.3. The van der Waals surface area contributed by atoms with Crippen LogP contribution < -0.4 is 5.73 Å². The van der Waals surface area contributed by atoms with Crippen molar-refractivity contribution in [3.8, 4) is 0 Å². The predicted molar refractivity (Wildman–Crippen MR) is 154 cm³/mol. The largest absolute Gasteiger partial charge is 0.381 e. The van der Waals surface area contributed by atoms with Crippen molar-refractivity contribution in [3.63, 3.8) is 0 Å². The van der Waals surface area contributed by atoms with Gasteiger partial charge in [0.15, 0.2) is 5.84 Å². The summed E-state index contributed by atoms with van der Waals surface area (Å²) in [4.78, 5) is 4.68. The molecule has 0 amide bonds. The number of hydrogen-bond donors (Lipinski definition) is 1. The van der Waals surface area contributed by atoms with Crippen molar-refractivity contribution in [2.75, 3.05) is 6.54 Å². The molecule has 0 radical (unpaired) electrons. The van der Waals surface area contributed by atoms with E-state index in [-0.39, 0.29) is 28.5 Å². The van der Waals surface area contributed by atoms with E-state index >= 15 is 0 Å². The molecule has 0 spiro atoms. The van der Waals surface area contributed by atoms with E-state index in [2.05, 4.69) is 9.39 Å². The molecule has 1 heterocycles.